The van der Waals surface area contributed by atoms with E-state index in [9.17, 15) is 12.8 Å². The fourth-order valence-corrected chi connectivity index (χ4v) is 2.57. The highest BCUT2D eigenvalue weighted by atomic mass is 32.2. The van der Waals surface area contributed by atoms with Gasteiger partial charge in [-0.1, -0.05) is 12.1 Å². The molecule has 0 fully saturated rings. The number of halogens is 1. The van der Waals surface area contributed by atoms with Gasteiger partial charge in [0.1, 0.15) is 10.7 Å². The number of nitrogens with one attached hydrogen (secondary N) is 1. The Hall–Kier alpha value is -1.73. The molecule has 5 nitrogen and oxygen atoms in total. The normalized spacial score (nSPS) is 11.6. The Bertz CT molecular complexity index is 611. The molecule has 7 heteroatoms. The number of nitrogens with zero attached hydrogens (tertiary/aromatic N) is 2. The summed E-state index contributed by atoms with van der Waals surface area (Å²) in [5.74, 6) is -0.757. The molecule has 0 unspecified atom stereocenters. The van der Waals surface area contributed by atoms with Crippen molar-refractivity contribution in [3.63, 3.8) is 0 Å². The van der Waals surface area contributed by atoms with Crippen LogP contribution in [0.3, 0.4) is 0 Å². The van der Waals surface area contributed by atoms with E-state index >= 15 is 0 Å². The largest absolute Gasteiger partial charge is 0.336 e. The number of aromatic nitrogens is 2. The van der Waals surface area contributed by atoms with Crippen molar-refractivity contribution in [1.29, 1.82) is 0 Å². The molecule has 96 valence electrons. The Morgan fingerprint density at radius 3 is 2.78 bits per heavy atom. The van der Waals surface area contributed by atoms with Crippen molar-refractivity contribution >= 4 is 10.0 Å². The Labute approximate surface area is 104 Å². The molecule has 1 N–H and O–H groups in total. The number of sulfonamides is 1. The zero-order chi connectivity index (χ0) is 13.0. The SMILES string of the molecule is O=S(=O)(NCCn1ccnc1)c1ccccc1F. The molecule has 0 atom stereocenters. The average molecular weight is 269 g/mol. The van der Waals surface area contributed by atoms with Crippen molar-refractivity contribution in [3.8, 4) is 0 Å². The predicted molar refractivity (Wildman–Crippen MR) is 63.8 cm³/mol. The van der Waals surface area contributed by atoms with E-state index in [1.807, 2.05) is 0 Å². The first-order chi connectivity index (χ1) is 8.59. The summed E-state index contributed by atoms with van der Waals surface area (Å²) < 4.78 is 41.0. The van der Waals surface area contributed by atoms with Crippen LogP contribution in [0.5, 0.6) is 0 Å². The predicted octanol–water partition coefficient (Wildman–Crippen LogP) is 1.00. The van der Waals surface area contributed by atoms with Crippen LogP contribution in [0.2, 0.25) is 0 Å². The summed E-state index contributed by atoms with van der Waals surface area (Å²) >= 11 is 0. The molecule has 0 aliphatic heterocycles. The van der Waals surface area contributed by atoms with Gasteiger partial charge in [-0.05, 0) is 12.1 Å². The number of hydrogen-bond donors (Lipinski definition) is 1. The Morgan fingerprint density at radius 2 is 2.11 bits per heavy atom. The molecule has 2 aromatic rings. The van der Waals surface area contributed by atoms with Crippen LogP contribution in [0, 0.1) is 5.82 Å². The maximum absolute atomic E-state index is 13.4. The van der Waals surface area contributed by atoms with E-state index < -0.39 is 15.8 Å². The summed E-state index contributed by atoms with van der Waals surface area (Å²) in [6.45, 7) is 0.612. The smallest absolute Gasteiger partial charge is 0.243 e. The van der Waals surface area contributed by atoms with E-state index in [0.29, 0.717) is 6.54 Å². The first-order valence-electron chi connectivity index (χ1n) is 5.29. The summed E-state index contributed by atoms with van der Waals surface area (Å²) in [4.78, 5) is 3.50. The molecule has 0 radical (unpaired) electrons. The molecule has 0 aliphatic rings. The van der Waals surface area contributed by atoms with E-state index in [1.165, 1.54) is 18.2 Å². The highest BCUT2D eigenvalue weighted by molar-refractivity contribution is 7.89. The average Bonchev–Trinajstić information content (AvgIpc) is 2.82. The maximum Gasteiger partial charge on any atom is 0.243 e. The van der Waals surface area contributed by atoms with Crippen LogP contribution in [0.15, 0.2) is 47.9 Å². The lowest BCUT2D eigenvalue weighted by Crippen LogP contribution is -2.27. The Balaban J connectivity index is 2.02. The molecule has 0 amide bonds. The first-order valence-corrected chi connectivity index (χ1v) is 6.78. The topological polar surface area (TPSA) is 64.0 Å². The van der Waals surface area contributed by atoms with Crippen LogP contribution in [-0.4, -0.2) is 24.5 Å². The quantitative estimate of drug-likeness (QED) is 0.880. The zero-order valence-electron chi connectivity index (χ0n) is 9.45. The van der Waals surface area contributed by atoms with Gasteiger partial charge in [0.25, 0.3) is 0 Å². The lowest BCUT2D eigenvalue weighted by molar-refractivity contribution is 0.552. The van der Waals surface area contributed by atoms with Crippen molar-refractivity contribution < 1.29 is 12.8 Å². The van der Waals surface area contributed by atoms with Gasteiger partial charge < -0.3 is 4.57 Å². The molecular weight excluding hydrogens is 257 g/mol. The van der Waals surface area contributed by atoms with E-state index in [0.717, 1.165) is 6.07 Å². The van der Waals surface area contributed by atoms with Crippen molar-refractivity contribution in [2.75, 3.05) is 6.54 Å². The van der Waals surface area contributed by atoms with Crippen molar-refractivity contribution in [3.05, 3.63) is 48.8 Å². The Kier molecular flexibility index (Phi) is 3.73. The minimum Gasteiger partial charge on any atom is -0.336 e. The minimum atomic E-state index is -3.80. The monoisotopic (exact) mass is 269 g/mol. The third-order valence-corrected chi connectivity index (χ3v) is 3.84. The maximum atomic E-state index is 13.4. The van der Waals surface area contributed by atoms with Crippen molar-refractivity contribution in [2.24, 2.45) is 0 Å². The lowest BCUT2D eigenvalue weighted by atomic mass is 10.4. The molecule has 0 saturated carbocycles. The summed E-state index contributed by atoms with van der Waals surface area (Å²) in [5, 5.41) is 0. The molecule has 1 aromatic carbocycles. The highest BCUT2D eigenvalue weighted by Gasteiger charge is 2.17. The zero-order valence-corrected chi connectivity index (χ0v) is 10.3. The molecule has 1 aromatic heterocycles. The van der Waals surface area contributed by atoms with Crippen LogP contribution >= 0.6 is 0 Å². The second-order valence-corrected chi connectivity index (χ2v) is 5.36. The van der Waals surface area contributed by atoms with Crippen LogP contribution in [0.1, 0.15) is 0 Å². The molecule has 0 aliphatic carbocycles. The second kappa shape index (κ2) is 5.28. The minimum absolute atomic E-state index is 0.174. The Morgan fingerprint density at radius 1 is 1.33 bits per heavy atom. The molecule has 0 spiro atoms. The second-order valence-electron chi connectivity index (χ2n) is 3.63. The number of imidazole rings is 1. The van der Waals surface area contributed by atoms with Gasteiger partial charge in [-0.2, -0.15) is 0 Å². The van der Waals surface area contributed by atoms with E-state index in [2.05, 4.69) is 9.71 Å². The van der Waals surface area contributed by atoms with Crippen LogP contribution < -0.4 is 4.72 Å². The molecular formula is C11H12FN3O2S. The van der Waals surface area contributed by atoms with Crippen molar-refractivity contribution in [1.82, 2.24) is 14.3 Å². The van der Waals surface area contributed by atoms with Gasteiger partial charge >= 0.3 is 0 Å². The molecule has 2 rings (SSSR count). The van der Waals surface area contributed by atoms with E-state index in [4.69, 9.17) is 0 Å². The summed E-state index contributed by atoms with van der Waals surface area (Å²) in [7, 11) is -3.80. The number of rotatable bonds is 5. The van der Waals surface area contributed by atoms with Gasteiger partial charge in [-0.3, -0.25) is 0 Å². The number of benzene rings is 1. The third kappa shape index (κ3) is 2.93. The summed E-state index contributed by atoms with van der Waals surface area (Å²) in [5.41, 5.74) is 0. The van der Waals surface area contributed by atoms with Crippen LogP contribution in [-0.2, 0) is 16.6 Å². The molecule has 0 bridgehead atoms. The molecule has 0 saturated heterocycles. The van der Waals surface area contributed by atoms with Crippen LogP contribution in [0.4, 0.5) is 4.39 Å². The van der Waals surface area contributed by atoms with Gasteiger partial charge in [0.15, 0.2) is 0 Å². The number of hydrogen-bond acceptors (Lipinski definition) is 3. The lowest BCUT2D eigenvalue weighted by Gasteiger charge is -2.07. The summed E-state index contributed by atoms with van der Waals surface area (Å²) in [6.07, 6.45) is 4.90. The van der Waals surface area contributed by atoms with Gasteiger partial charge in [0.05, 0.1) is 6.33 Å². The van der Waals surface area contributed by atoms with Gasteiger partial charge in [0.2, 0.25) is 10.0 Å². The fourth-order valence-electron chi connectivity index (χ4n) is 1.47. The van der Waals surface area contributed by atoms with Crippen LogP contribution in [0.25, 0.3) is 0 Å². The van der Waals surface area contributed by atoms with Crippen molar-refractivity contribution in [2.45, 2.75) is 11.4 Å². The third-order valence-electron chi connectivity index (χ3n) is 2.35. The van der Waals surface area contributed by atoms with Gasteiger partial charge in [-0.15, -0.1) is 0 Å². The van der Waals surface area contributed by atoms with E-state index in [1.54, 1.807) is 23.3 Å². The first kappa shape index (κ1) is 12.7. The van der Waals surface area contributed by atoms with Gasteiger partial charge in [0, 0.05) is 25.5 Å². The molecule has 1 heterocycles. The van der Waals surface area contributed by atoms with E-state index in [-0.39, 0.29) is 11.4 Å². The molecule has 18 heavy (non-hydrogen) atoms. The standard InChI is InChI=1S/C11H12FN3O2S/c12-10-3-1-2-4-11(10)18(16,17)14-6-8-15-7-5-13-9-15/h1-5,7,9,14H,6,8H2. The van der Waals surface area contributed by atoms with Gasteiger partial charge in [-0.25, -0.2) is 22.5 Å². The highest BCUT2D eigenvalue weighted by Crippen LogP contribution is 2.12. The fraction of sp³-hybridized carbons (Fsp3) is 0.182. The summed E-state index contributed by atoms with van der Waals surface area (Å²) in [6, 6.07) is 5.27.